The van der Waals surface area contributed by atoms with E-state index in [1.54, 1.807) is 0 Å². The summed E-state index contributed by atoms with van der Waals surface area (Å²) in [5.74, 6) is -0.887. The van der Waals surface area contributed by atoms with Crippen LogP contribution < -0.4 is 0 Å². The summed E-state index contributed by atoms with van der Waals surface area (Å²) in [5, 5.41) is 0. The summed E-state index contributed by atoms with van der Waals surface area (Å²) in [5.41, 5.74) is 0. The first-order valence-electron chi connectivity index (χ1n) is 27.0. The maximum Gasteiger partial charge on any atom is 0.306 e. The van der Waals surface area contributed by atoms with Gasteiger partial charge in [0.2, 0.25) is 0 Å². The molecule has 0 heterocycles. The fourth-order valence-corrected chi connectivity index (χ4v) is 7.76. The van der Waals surface area contributed by atoms with Gasteiger partial charge in [-0.3, -0.25) is 14.4 Å². The number of allylic oxidation sites excluding steroid dienone is 6. The second kappa shape index (κ2) is 51.3. The fourth-order valence-electron chi connectivity index (χ4n) is 7.76. The Morgan fingerprint density at radius 2 is 0.581 bits per heavy atom. The second-order valence-corrected chi connectivity index (χ2v) is 18.1. The van der Waals surface area contributed by atoms with Crippen molar-refractivity contribution in [2.75, 3.05) is 13.2 Å². The minimum atomic E-state index is -0.777. The summed E-state index contributed by atoms with van der Waals surface area (Å²) in [7, 11) is 0. The Labute approximate surface area is 385 Å². The molecule has 0 aliphatic rings. The maximum absolute atomic E-state index is 12.8. The van der Waals surface area contributed by atoms with Gasteiger partial charge in [0.05, 0.1) is 0 Å². The van der Waals surface area contributed by atoms with Crippen molar-refractivity contribution in [3.05, 3.63) is 36.5 Å². The van der Waals surface area contributed by atoms with Gasteiger partial charge in [-0.2, -0.15) is 0 Å². The highest BCUT2D eigenvalue weighted by molar-refractivity contribution is 5.71. The van der Waals surface area contributed by atoms with Gasteiger partial charge in [0.15, 0.2) is 6.10 Å². The van der Waals surface area contributed by atoms with Crippen LogP contribution in [0.5, 0.6) is 0 Å². The fraction of sp³-hybridized carbons (Fsp3) is 0.839. The van der Waals surface area contributed by atoms with Gasteiger partial charge in [0, 0.05) is 19.3 Å². The first-order chi connectivity index (χ1) is 30.5. The standard InChI is InChI=1S/C56H102O6/c1-4-7-10-13-16-19-22-25-27-29-31-34-37-40-43-46-49-55(58)61-52-53(51-60-54(57)48-45-42-39-36-33-30-24-21-18-15-12-9-6-3)62-56(59)50-47-44-41-38-35-32-28-26-23-20-17-14-11-8-5-2/h19,21-22,24,27,29,53H,4-18,20,23,25-26,28,30-52H2,1-3H3/b22-19-,24-21-,29-27-. The number of ether oxygens (including phenoxy) is 3. The largest absolute Gasteiger partial charge is 0.462 e. The zero-order valence-corrected chi connectivity index (χ0v) is 41.4. The summed E-state index contributed by atoms with van der Waals surface area (Å²) in [4.78, 5) is 38.0. The minimum Gasteiger partial charge on any atom is -0.462 e. The average molecular weight is 871 g/mol. The lowest BCUT2D eigenvalue weighted by Gasteiger charge is -2.18. The van der Waals surface area contributed by atoms with E-state index in [1.807, 2.05) is 0 Å². The van der Waals surface area contributed by atoms with Crippen molar-refractivity contribution in [3.8, 4) is 0 Å². The molecule has 0 amide bonds. The lowest BCUT2D eigenvalue weighted by Crippen LogP contribution is -2.30. The lowest BCUT2D eigenvalue weighted by molar-refractivity contribution is -0.167. The van der Waals surface area contributed by atoms with Gasteiger partial charge < -0.3 is 14.2 Å². The minimum absolute atomic E-state index is 0.0781. The molecule has 0 aliphatic carbocycles. The van der Waals surface area contributed by atoms with Crippen molar-refractivity contribution in [2.24, 2.45) is 0 Å². The van der Waals surface area contributed by atoms with Crippen LogP contribution in [0.1, 0.15) is 284 Å². The quantitative estimate of drug-likeness (QED) is 0.0262. The molecular weight excluding hydrogens is 769 g/mol. The van der Waals surface area contributed by atoms with E-state index >= 15 is 0 Å². The molecule has 1 unspecified atom stereocenters. The summed E-state index contributed by atoms with van der Waals surface area (Å²) in [6.07, 6.45) is 59.8. The normalized spacial score (nSPS) is 12.2. The molecule has 362 valence electrons. The number of hydrogen-bond donors (Lipinski definition) is 0. The monoisotopic (exact) mass is 871 g/mol. The maximum atomic E-state index is 12.8. The van der Waals surface area contributed by atoms with Crippen LogP contribution in [-0.2, 0) is 28.6 Å². The Balaban J connectivity index is 4.38. The molecule has 0 spiro atoms. The third-order valence-corrected chi connectivity index (χ3v) is 11.9. The topological polar surface area (TPSA) is 78.9 Å². The summed E-state index contributed by atoms with van der Waals surface area (Å²) in [6, 6.07) is 0. The highest BCUT2D eigenvalue weighted by Gasteiger charge is 2.19. The molecular formula is C56H102O6. The molecule has 0 rings (SSSR count). The molecule has 0 saturated heterocycles. The smallest absolute Gasteiger partial charge is 0.306 e. The van der Waals surface area contributed by atoms with E-state index in [-0.39, 0.29) is 31.1 Å². The molecule has 0 N–H and O–H groups in total. The predicted molar refractivity (Wildman–Crippen MR) is 266 cm³/mol. The van der Waals surface area contributed by atoms with E-state index in [0.29, 0.717) is 19.3 Å². The zero-order chi connectivity index (χ0) is 45.1. The van der Waals surface area contributed by atoms with Gasteiger partial charge in [-0.25, -0.2) is 0 Å². The van der Waals surface area contributed by atoms with E-state index in [2.05, 4.69) is 57.2 Å². The van der Waals surface area contributed by atoms with Gasteiger partial charge in [-0.15, -0.1) is 0 Å². The Hall–Kier alpha value is -2.37. The average Bonchev–Trinajstić information content (AvgIpc) is 3.27. The van der Waals surface area contributed by atoms with Crippen LogP contribution in [0.15, 0.2) is 36.5 Å². The van der Waals surface area contributed by atoms with Crippen LogP contribution >= 0.6 is 0 Å². The van der Waals surface area contributed by atoms with Crippen LogP contribution in [0.3, 0.4) is 0 Å². The Bertz CT molecular complexity index is 1050. The van der Waals surface area contributed by atoms with E-state index in [0.717, 1.165) is 83.5 Å². The van der Waals surface area contributed by atoms with Crippen LogP contribution in [0.2, 0.25) is 0 Å². The summed E-state index contributed by atoms with van der Waals surface area (Å²) >= 11 is 0. The van der Waals surface area contributed by atoms with Gasteiger partial charge in [0.1, 0.15) is 13.2 Å². The molecule has 6 nitrogen and oxygen atoms in total. The second-order valence-electron chi connectivity index (χ2n) is 18.1. The number of rotatable bonds is 49. The van der Waals surface area contributed by atoms with Gasteiger partial charge >= 0.3 is 17.9 Å². The van der Waals surface area contributed by atoms with E-state index in [1.165, 1.54) is 161 Å². The number of carbonyl (C=O) groups is 3. The van der Waals surface area contributed by atoms with Crippen molar-refractivity contribution >= 4 is 17.9 Å². The van der Waals surface area contributed by atoms with Crippen molar-refractivity contribution in [1.29, 1.82) is 0 Å². The number of unbranched alkanes of at least 4 members (excludes halogenated alkanes) is 32. The molecule has 0 aromatic rings. The highest BCUT2D eigenvalue weighted by atomic mass is 16.6. The Morgan fingerprint density at radius 1 is 0.323 bits per heavy atom. The van der Waals surface area contributed by atoms with E-state index in [9.17, 15) is 14.4 Å². The first-order valence-corrected chi connectivity index (χ1v) is 27.0. The Kier molecular flexibility index (Phi) is 49.3. The van der Waals surface area contributed by atoms with E-state index in [4.69, 9.17) is 14.2 Å². The van der Waals surface area contributed by atoms with Gasteiger partial charge in [-0.05, 0) is 77.0 Å². The lowest BCUT2D eigenvalue weighted by atomic mass is 10.0. The highest BCUT2D eigenvalue weighted by Crippen LogP contribution is 2.16. The number of esters is 3. The van der Waals surface area contributed by atoms with Crippen molar-refractivity contribution in [2.45, 2.75) is 290 Å². The van der Waals surface area contributed by atoms with Crippen molar-refractivity contribution in [3.63, 3.8) is 0 Å². The number of carbonyl (C=O) groups excluding carboxylic acids is 3. The molecule has 0 fully saturated rings. The van der Waals surface area contributed by atoms with Crippen LogP contribution in [0.25, 0.3) is 0 Å². The molecule has 0 aromatic heterocycles. The van der Waals surface area contributed by atoms with Crippen molar-refractivity contribution < 1.29 is 28.6 Å². The number of hydrogen-bond acceptors (Lipinski definition) is 6. The predicted octanol–water partition coefficient (Wildman–Crippen LogP) is 17.7. The zero-order valence-electron chi connectivity index (χ0n) is 41.4. The third kappa shape index (κ3) is 48.7. The van der Waals surface area contributed by atoms with Crippen molar-refractivity contribution in [1.82, 2.24) is 0 Å². The van der Waals surface area contributed by atoms with Gasteiger partial charge in [-0.1, -0.05) is 224 Å². The third-order valence-electron chi connectivity index (χ3n) is 11.9. The van der Waals surface area contributed by atoms with E-state index < -0.39 is 6.10 Å². The van der Waals surface area contributed by atoms with Gasteiger partial charge in [0.25, 0.3) is 0 Å². The van der Waals surface area contributed by atoms with Crippen LogP contribution in [0.4, 0.5) is 0 Å². The molecule has 1 atom stereocenters. The molecule has 0 aromatic carbocycles. The molecule has 0 aliphatic heterocycles. The van der Waals surface area contributed by atoms with Crippen LogP contribution in [-0.4, -0.2) is 37.2 Å². The summed E-state index contributed by atoms with van der Waals surface area (Å²) < 4.78 is 16.8. The first kappa shape index (κ1) is 59.6. The molecule has 0 bridgehead atoms. The Morgan fingerprint density at radius 3 is 0.919 bits per heavy atom. The van der Waals surface area contributed by atoms with Crippen LogP contribution in [0, 0.1) is 0 Å². The SMILES string of the molecule is CCCCCC/C=C\C/C=C\CCCCCCCC(=O)OCC(COC(=O)CCCCCCC/C=C\CCCCCC)OC(=O)CCCCCCCCCCCCCCCCC. The summed E-state index contributed by atoms with van der Waals surface area (Å²) in [6.45, 7) is 6.61. The molecule has 62 heavy (non-hydrogen) atoms. The molecule has 0 radical (unpaired) electrons. The molecule has 0 saturated carbocycles. The molecule has 6 heteroatoms.